The SMILES string of the molecule is COC(=O)c1ccncc1CC[C@@H]1CCOc2cc(-c3ccccc3OC)ccc21. The van der Waals surface area contributed by atoms with E-state index in [0.717, 1.165) is 47.5 Å². The molecular formula is C25H25NO4. The van der Waals surface area contributed by atoms with Gasteiger partial charge in [-0.15, -0.1) is 0 Å². The highest BCUT2D eigenvalue weighted by molar-refractivity contribution is 5.90. The number of carbonyl (C=O) groups is 1. The van der Waals surface area contributed by atoms with Gasteiger partial charge in [-0.05, 0) is 60.1 Å². The predicted octanol–water partition coefficient (Wildman–Crippen LogP) is 5.04. The molecule has 0 aliphatic carbocycles. The molecule has 2 heterocycles. The molecule has 5 heteroatoms. The molecule has 30 heavy (non-hydrogen) atoms. The van der Waals surface area contributed by atoms with Crippen molar-refractivity contribution in [1.29, 1.82) is 0 Å². The number of para-hydroxylation sites is 1. The van der Waals surface area contributed by atoms with Crippen LogP contribution in [-0.2, 0) is 11.2 Å². The fourth-order valence-electron chi connectivity index (χ4n) is 4.08. The minimum Gasteiger partial charge on any atom is -0.496 e. The van der Waals surface area contributed by atoms with Crippen LogP contribution >= 0.6 is 0 Å². The lowest BCUT2D eigenvalue weighted by atomic mass is 9.86. The number of methoxy groups -OCH3 is 2. The van der Waals surface area contributed by atoms with Crippen LogP contribution in [0, 0.1) is 0 Å². The van der Waals surface area contributed by atoms with Crippen molar-refractivity contribution >= 4 is 5.97 Å². The Morgan fingerprint density at radius 3 is 2.87 bits per heavy atom. The average molecular weight is 403 g/mol. The second-order valence-corrected chi connectivity index (χ2v) is 7.35. The number of hydrogen-bond donors (Lipinski definition) is 0. The maximum absolute atomic E-state index is 12.0. The van der Waals surface area contributed by atoms with Gasteiger partial charge >= 0.3 is 5.97 Å². The number of pyridine rings is 1. The van der Waals surface area contributed by atoms with Gasteiger partial charge in [0.25, 0.3) is 0 Å². The Morgan fingerprint density at radius 1 is 1.17 bits per heavy atom. The van der Waals surface area contributed by atoms with E-state index < -0.39 is 0 Å². The largest absolute Gasteiger partial charge is 0.496 e. The van der Waals surface area contributed by atoms with Crippen molar-refractivity contribution in [3.63, 3.8) is 0 Å². The van der Waals surface area contributed by atoms with E-state index >= 15 is 0 Å². The van der Waals surface area contributed by atoms with E-state index in [1.165, 1.54) is 12.7 Å². The zero-order valence-corrected chi connectivity index (χ0v) is 17.3. The summed E-state index contributed by atoms with van der Waals surface area (Å²) in [6, 6.07) is 16.1. The summed E-state index contributed by atoms with van der Waals surface area (Å²) in [5.41, 5.74) is 4.84. The lowest BCUT2D eigenvalue weighted by Gasteiger charge is -2.27. The monoisotopic (exact) mass is 403 g/mol. The number of aromatic nitrogens is 1. The predicted molar refractivity (Wildman–Crippen MR) is 115 cm³/mol. The van der Waals surface area contributed by atoms with Crippen molar-refractivity contribution in [2.24, 2.45) is 0 Å². The van der Waals surface area contributed by atoms with Gasteiger partial charge < -0.3 is 14.2 Å². The van der Waals surface area contributed by atoms with Crippen LogP contribution in [0.25, 0.3) is 11.1 Å². The Kier molecular flexibility index (Phi) is 5.98. The molecule has 154 valence electrons. The van der Waals surface area contributed by atoms with Gasteiger partial charge in [-0.2, -0.15) is 0 Å². The molecule has 0 radical (unpaired) electrons. The van der Waals surface area contributed by atoms with Crippen LogP contribution in [0.2, 0.25) is 0 Å². The van der Waals surface area contributed by atoms with Crippen LogP contribution in [-0.4, -0.2) is 31.8 Å². The van der Waals surface area contributed by atoms with Crippen molar-refractivity contribution in [2.75, 3.05) is 20.8 Å². The molecule has 0 unspecified atom stereocenters. The number of benzene rings is 2. The van der Waals surface area contributed by atoms with E-state index in [2.05, 4.69) is 29.2 Å². The van der Waals surface area contributed by atoms with Crippen molar-refractivity contribution in [2.45, 2.75) is 25.2 Å². The summed E-state index contributed by atoms with van der Waals surface area (Å²) in [6.07, 6.45) is 6.02. The van der Waals surface area contributed by atoms with E-state index in [9.17, 15) is 4.79 Å². The molecule has 1 aromatic heterocycles. The number of ether oxygens (including phenoxy) is 3. The highest BCUT2D eigenvalue weighted by Crippen LogP contribution is 2.40. The van der Waals surface area contributed by atoms with E-state index in [1.54, 1.807) is 25.6 Å². The molecule has 1 atom stereocenters. The Morgan fingerprint density at radius 2 is 2.03 bits per heavy atom. The van der Waals surface area contributed by atoms with Crippen molar-refractivity contribution in [3.05, 3.63) is 77.6 Å². The van der Waals surface area contributed by atoms with Gasteiger partial charge in [-0.3, -0.25) is 4.98 Å². The van der Waals surface area contributed by atoms with Crippen molar-refractivity contribution < 1.29 is 19.0 Å². The van der Waals surface area contributed by atoms with Crippen LogP contribution in [0.3, 0.4) is 0 Å². The molecule has 2 aromatic carbocycles. The minimum atomic E-state index is -0.318. The molecule has 4 rings (SSSR count). The maximum atomic E-state index is 12.0. The quantitative estimate of drug-likeness (QED) is 0.540. The molecule has 1 aliphatic heterocycles. The molecule has 0 saturated heterocycles. The van der Waals surface area contributed by atoms with Gasteiger partial charge in [0.2, 0.25) is 0 Å². The van der Waals surface area contributed by atoms with Gasteiger partial charge in [0.15, 0.2) is 0 Å². The highest BCUT2D eigenvalue weighted by Gasteiger charge is 2.23. The van der Waals surface area contributed by atoms with Gasteiger partial charge in [0.05, 0.1) is 26.4 Å². The van der Waals surface area contributed by atoms with E-state index in [0.29, 0.717) is 18.1 Å². The number of hydrogen-bond acceptors (Lipinski definition) is 5. The van der Waals surface area contributed by atoms with Gasteiger partial charge in [-0.1, -0.05) is 30.3 Å². The molecule has 0 bridgehead atoms. The van der Waals surface area contributed by atoms with Gasteiger partial charge in [0, 0.05) is 18.0 Å². The summed E-state index contributed by atoms with van der Waals surface area (Å²) in [7, 11) is 3.09. The van der Waals surface area contributed by atoms with E-state index in [4.69, 9.17) is 14.2 Å². The van der Waals surface area contributed by atoms with Crippen LogP contribution in [0.4, 0.5) is 0 Å². The molecule has 0 N–H and O–H groups in total. The Balaban J connectivity index is 1.56. The molecular weight excluding hydrogens is 378 g/mol. The molecule has 0 amide bonds. The zero-order valence-electron chi connectivity index (χ0n) is 17.3. The van der Waals surface area contributed by atoms with E-state index in [-0.39, 0.29) is 5.97 Å². The van der Waals surface area contributed by atoms with Crippen molar-refractivity contribution in [3.8, 4) is 22.6 Å². The smallest absolute Gasteiger partial charge is 0.338 e. The molecule has 3 aromatic rings. The Bertz CT molecular complexity index is 1050. The summed E-state index contributed by atoms with van der Waals surface area (Å²) in [5, 5.41) is 0. The molecule has 0 fully saturated rings. The van der Waals surface area contributed by atoms with E-state index in [1.807, 2.05) is 18.2 Å². The summed E-state index contributed by atoms with van der Waals surface area (Å²) in [6.45, 7) is 0.684. The number of fused-ring (bicyclic) bond motifs is 1. The van der Waals surface area contributed by atoms with Crippen LogP contribution in [0.15, 0.2) is 60.9 Å². The number of esters is 1. The third-order valence-electron chi connectivity index (χ3n) is 5.67. The molecule has 1 aliphatic rings. The fourth-order valence-corrected chi connectivity index (χ4v) is 4.08. The first-order chi connectivity index (χ1) is 14.7. The summed E-state index contributed by atoms with van der Waals surface area (Å²) in [4.78, 5) is 16.2. The first kappa shape index (κ1) is 20.0. The first-order valence-corrected chi connectivity index (χ1v) is 10.1. The Hall–Kier alpha value is -3.34. The fraction of sp³-hybridized carbons (Fsp3) is 0.280. The maximum Gasteiger partial charge on any atom is 0.338 e. The van der Waals surface area contributed by atoms with Gasteiger partial charge in [0.1, 0.15) is 11.5 Å². The second kappa shape index (κ2) is 8.99. The number of rotatable bonds is 6. The Labute approximate surface area is 176 Å². The standard InChI is InChI=1S/C25H25NO4/c1-28-23-6-4-3-5-20(23)18-9-10-21-17(12-14-30-24(21)15-18)7-8-19-16-26-13-11-22(19)25(27)29-2/h3-6,9-11,13,15-17H,7-8,12,14H2,1-2H3/t17-/m1/s1. The lowest BCUT2D eigenvalue weighted by Crippen LogP contribution is -2.15. The second-order valence-electron chi connectivity index (χ2n) is 7.35. The normalized spacial score (nSPS) is 15.1. The summed E-state index contributed by atoms with van der Waals surface area (Å²) >= 11 is 0. The van der Waals surface area contributed by atoms with Gasteiger partial charge in [-0.25, -0.2) is 4.79 Å². The highest BCUT2D eigenvalue weighted by atomic mass is 16.5. The third kappa shape index (κ3) is 4.01. The first-order valence-electron chi connectivity index (χ1n) is 10.1. The average Bonchev–Trinajstić information content (AvgIpc) is 2.82. The van der Waals surface area contributed by atoms with Crippen LogP contribution in [0.5, 0.6) is 11.5 Å². The topological polar surface area (TPSA) is 57.7 Å². The van der Waals surface area contributed by atoms with Crippen LogP contribution in [0.1, 0.15) is 40.2 Å². The number of carbonyl (C=O) groups excluding carboxylic acids is 1. The minimum absolute atomic E-state index is 0.318. The number of aryl methyl sites for hydroxylation is 1. The third-order valence-corrected chi connectivity index (χ3v) is 5.67. The summed E-state index contributed by atoms with van der Waals surface area (Å²) in [5.74, 6) is 1.82. The molecule has 5 nitrogen and oxygen atoms in total. The zero-order chi connectivity index (χ0) is 20.9. The van der Waals surface area contributed by atoms with Crippen LogP contribution < -0.4 is 9.47 Å². The lowest BCUT2D eigenvalue weighted by molar-refractivity contribution is 0.0599. The van der Waals surface area contributed by atoms with Crippen molar-refractivity contribution in [1.82, 2.24) is 4.98 Å². The number of nitrogens with zero attached hydrogens (tertiary/aromatic N) is 1. The molecule has 0 saturated carbocycles. The molecule has 0 spiro atoms. The summed E-state index contributed by atoms with van der Waals surface area (Å²) < 4.78 is 16.4.